The molecule has 0 heterocycles. The molecular weight excluding hydrogens is 404 g/mol. The number of nitrogens with one attached hydrogen (secondary N) is 1. The SMILES string of the molecule is COc1ccc(CCC(=O)N(Cc2cccc(C)c2)C(C)C(=O)NC(C)(C)C)cc1OC. The van der Waals surface area contributed by atoms with E-state index in [1.807, 2.05) is 70.2 Å². The lowest BCUT2D eigenvalue weighted by Crippen LogP contribution is -2.52. The summed E-state index contributed by atoms with van der Waals surface area (Å²) in [4.78, 5) is 27.8. The van der Waals surface area contributed by atoms with Crippen molar-refractivity contribution in [3.8, 4) is 11.5 Å². The Morgan fingerprint density at radius 3 is 2.28 bits per heavy atom. The number of hydrogen-bond acceptors (Lipinski definition) is 4. The zero-order chi connectivity index (χ0) is 23.9. The van der Waals surface area contributed by atoms with Crippen LogP contribution in [0.3, 0.4) is 0 Å². The van der Waals surface area contributed by atoms with Crippen LogP contribution in [0.4, 0.5) is 0 Å². The first-order valence-electron chi connectivity index (χ1n) is 10.9. The number of hydrogen-bond donors (Lipinski definition) is 1. The van der Waals surface area contributed by atoms with Crippen LogP contribution in [0.15, 0.2) is 42.5 Å². The molecule has 0 bridgehead atoms. The molecule has 0 aliphatic rings. The lowest BCUT2D eigenvalue weighted by molar-refractivity contribution is -0.141. The van der Waals surface area contributed by atoms with Gasteiger partial charge in [-0.25, -0.2) is 0 Å². The van der Waals surface area contributed by atoms with Crippen LogP contribution in [0, 0.1) is 6.92 Å². The van der Waals surface area contributed by atoms with E-state index in [9.17, 15) is 9.59 Å². The van der Waals surface area contributed by atoms with Crippen LogP contribution in [-0.2, 0) is 22.6 Å². The summed E-state index contributed by atoms with van der Waals surface area (Å²) in [7, 11) is 3.18. The monoisotopic (exact) mass is 440 g/mol. The molecule has 0 aliphatic carbocycles. The van der Waals surface area contributed by atoms with Gasteiger partial charge in [-0.2, -0.15) is 0 Å². The van der Waals surface area contributed by atoms with Gasteiger partial charge in [0.2, 0.25) is 11.8 Å². The number of carbonyl (C=O) groups is 2. The van der Waals surface area contributed by atoms with E-state index in [-0.39, 0.29) is 23.8 Å². The van der Waals surface area contributed by atoms with Crippen molar-refractivity contribution < 1.29 is 19.1 Å². The Hall–Kier alpha value is -3.02. The van der Waals surface area contributed by atoms with Gasteiger partial charge in [-0.05, 0) is 64.3 Å². The molecule has 6 nitrogen and oxygen atoms in total. The van der Waals surface area contributed by atoms with Crippen molar-refractivity contribution in [3.63, 3.8) is 0 Å². The van der Waals surface area contributed by atoms with Gasteiger partial charge in [0.15, 0.2) is 11.5 Å². The number of methoxy groups -OCH3 is 2. The maximum Gasteiger partial charge on any atom is 0.242 e. The smallest absolute Gasteiger partial charge is 0.242 e. The van der Waals surface area contributed by atoms with Gasteiger partial charge in [0.05, 0.1) is 14.2 Å². The zero-order valence-electron chi connectivity index (χ0n) is 20.3. The predicted octanol–water partition coefficient (Wildman–Crippen LogP) is 4.28. The third-order valence-electron chi connectivity index (χ3n) is 5.18. The summed E-state index contributed by atoms with van der Waals surface area (Å²) < 4.78 is 10.6. The number of nitrogens with zero attached hydrogens (tertiary/aromatic N) is 1. The molecule has 2 aromatic carbocycles. The Bertz CT molecular complexity index is 934. The zero-order valence-corrected chi connectivity index (χ0v) is 20.3. The summed E-state index contributed by atoms with van der Waals surface area (Å²) in [5.41, 5.74) is 2.72. The fourth-order valence-electron chi connectivity index (χ4n) is 3.49. The first-order chi connectivity index (χ1) is 15.0. The summed E-state index contributed by atoms with van der Waals surface area (Å²) in [5.74, 6) is 1.05. The quantitative estimate of drug-likeness (QED) is 0.632. The molecule has 0 radical (unpaired) electrons. The van der Waals surface area contributed by atoms with Crippen LogP contribution in [0.1, 0.15) is 50.8 Å². The molecule has 0 aromatic heterocycles. The Morgan fingerprint density at radius 2 is 1.69 bits per heavy atom. The highest BCUT2D eigenvalue weighted by atomic mass is 16.5. The van der Waals surface area contributed by atoms with Gasteiger partial charge < -0.3 is 19.7 Å². The largest absolute Gasteiger partial charge is 0.493 e. The highest BCUT2D eigenvalue weighted by molar-refractivity contribution is 5.87. The molecule has 6 heteroatoms. The summed E-state index contributed by atoms with van der Waals surface area (Å²) in [6.07, 6.45) is 0.825. The van der Waals surface area contributed by atoms with Crippen LogP contribution in [0.2, 0.25) is 0 Å². The van der Waals surface area contributed by atoms with E-state index in [1.54, 1.807) is 26.0 Å². The molecule has 0 aliphatic heterocycles. The molecule has 2 aromatic rings. The summed E-state index contributed by atoms with van der Waals surface area (Å²) in [5, 5.41) is 2.99. The third kappa shape index (κ3) is 7.29. The standard InChI is InChI=1S/C26H36N2O4/c1-18-9-8-10-21(15-18)17-28(19(2)25(30)27-26(3,4)5)24(29)14-12-20-11-13-22(31-6)23(16-20)32-7/h8-11,13,15-16,19H,12,14,17H2,1-7H3,(H,27,30). The number of aryl methyl sites for hydroxylation is 2. The first kappa shape index (κ1) is 25.2. The molecule has 1 unspecified atom stereocenters. The summed E-state index contributed by atoms with van der Waals surface area (Å²) in [6, 6.07) is 13.1. The van der Waals surface area contributed by atoms with E-state index in [4.69, 9.17) is 9.47 Å². The van der Waals surface area contributed by atoms with E-state index < -0.39 is 6.04 Å². The van der Waals surface area contributed by atoms with Crippen LogP contribution >= 0.6 is 0 Å². The minimum atomic E-state index is -0.590. The van der Waals surface area contributed by atoms with E-state index in [1.165, 1.54) is 0 Å². The Morgan fingerprint density at radius 1 is 1.00 bits per heavy atom. The van der Waals surface area contributed by atoms with Gasteiger partial charge in [0.1, 0.15) is 6.04 Å². The normalized spacial score (nSPS) is 12.1. The van der Waals surface area contributed by atoms with E-state index in [0.717, 1.165) is 16.7 Å². The third-order valence-corrected chi connectivity index (χ3v) is 5.18. The van der Waals surface area contributed by atoms with E-state index in [0.29, 0.717) is 24.5 Å². The first-order valence-corrected chi connectivity index (χ1v) is 10.9. The van der Waals surface area contributed by atoms with Crippen molar-refractivity contribution in [1.82, 2.24) is 10.2 Å². The molecule has 0 saturated carbocycles. The fraction of sp³-hybridized carbons (Fsp3) is 0.462. The van der Waals surface area contributed by atoms with Gasteiger partial charge in [-0.3, -0.25) is 9.59 Å². The molecule has 174 valence electrons. The van der Waals surface area contributed by atoms with Crippen molar-refractivity contribution in [2.24, 2.45) is 0 Å². The highest BCUT2D eigenvalue weighted by Gasteiger charge is 2.28. The second-order valence-electron chi connectivity index (χ2n) is 9.12. The number of rotatable bonds is 9. The van der Waals surface area contributed by atoms with Crippen molar-refractivity contribution >= 4 is 11.8 Å². The maximum absolute atomic E-state index is 13.3. The summed E-state index contributed by atoms with van der Waals surface area (Å²) >= 11 is 0. The second-order valence-corrected chi connectivity index (χ2v) is 9.12. The Balaban J connectivity index is 2.20. The Kier molecular flexibility index (Phi) is 8.70. The molecule has 32 heavy (non-hydrogen) atoms. The van der Waals surface area contributed by atoms with Crippen LogP contribution in [0.25, 0.3) is 0 Å². The average Bonchev–Trinajstić information content (AvgIpc) is 2.73. The van der Waals surface area contributed by atoms with Crippen LogP contribution < -0.4 is 14.8 Å². The van der Waals surface area contributed by atoms with Crippen molar-refractivity contribution in [2.75, 3.05) is 14.2 Å². The van der Waals surface area contributed by atoms with Crippen LogP contribution in [-0.4, -0.2) is 42.5 Å². The molecule has 1 atom stereocenters. The van der Waals surface area contributed by atoms with E-state index >= 15 is 0 Å². The number of amides is 2. The number of carbonyl (C=O) groups excluding carboxylic acids is 2. The maximum atomic E-state index is 13.3. The number of benzene rings is 2. The number of ether oxygens (including phenoxy) is 2. The lowest BCUT2D eigenvalue weighted by Gasteiger charge is -2.31. The highest BCUT2D eigenvalue weighted by Crippen LogP contribution is 2.28. The van der Waals surface area contributed by atoms with Gasteiger partial charge in [-0.1, -0.05) is 35.9 Å². The van der Waals surface area contributed by atoms with Crippen molar-refractivity contribution in [2.45, 2.75) is 65.6 Å². The summed E-state index contributed by atoms with van der Waals surface area (Å²) in [6.45, 7) is 9.98. The average molecular weight is 441 g/mol. The second kappa shape index (κ2) is 11.0. The molecule has 0 fully saturated rings. The minimum Gasteiger partial charge on any atom is -0.493 e. The van der Waals surface area contributed by atoms with E-state index in [2.05, 4.69) is 5.32 Å². The molecular formula is C26H36N2O4. The molecule has 1 N–H and O–H groups in total. The van der Waals surface area contributed by atoms with Gasteiger partial charge in [-0.15, -0.1) is 0 Å². The Labute approximate surface area is 191 Å². The lowest BCUT2D eigenvalue weighted by atomic mass is 10.1. The van der Waals surface area contributed by atoms with Crippen molar-refractivity contribution in [1.29, 1.82) is 0 Å². The molecule has 0 saturated heterocycles. The van der Waals surface area contributed by atoms with Gasteiger partial charge in [0.25, 0.3) is 0 Å². The fourth-order valence-corrected chi connectivity index (χ4v) is 3.49. The molecule has 2 amide bonds. The molecule has 0 spiro atoms. The van der Waals surface area contributed by atoms with Gasteiger partial charge in [0, 0.05) is 18.5 Å². The van der Waals surface area contributed by atoms with Crippen molar-refractivity contribution in [3.05, 3.63) is 59.2 Å². The van der Waals surface area contributed by atoms with Gasteiger partial charge >= 0.3 is 0 Å². The molecule has 2 rings (SSSR count). The predicted molar refractivity (Wildman–Crippen MR) is 127 cm³/mol. The topological polar surface area (TPSA) is 67.9 Å². The minimum absolute atomic E-state index is 0.0714. The van der Waals surface area contributed by atoms with Crippen LogP contribution in [0.5, 0.6) is 11.5 Å².